The summed E-state index contributed by atoms with van der Waals surface area (Å²) in [6, 6.07) is 1.61. The minimum Gasteiger partial charge on any atom is -0.329 e. The smallest absolute Gasteiger partial charge is 0.329 e. The fourth-order valence-corrected chi connectivity index (χ4v) is 1.26. The van der Waals surface area contributed by atoms with Crippen molar-refractivity contribution in [3.8, 4) is 0 Å². The van der Waals surface area contributed by atoms with Crippen molar-refractivity contribution >= 4 is 0 Å². The summed E-state index contributed by atoms with van der Waals surface area (Å²) in [7, 11) is 0. The quantitative estimate of drug-likeness (QED) is 0.818. The van der Waals surface area contributed by atoms with Gasteiger partial charge in [0.05, 0.1) is 13.1 Å². The van der Waals surface area contributed by atoms with Crippen LogP contribution in [0, 0.1) is 0 Å². The largest absolute Gasteiger partial charge is 0.401 e. The van der Waals surface area contributed by atoms with E-state index in [0.717, 1.165) is 0 Å². The van der Waals surface area contributed by atoms with Crippen LogP contribution in [0.1, 0.15) is 5.82 Å². The average Bonchev–Trinajstić information content (AvgIpc) is 2.17. The van der Waals surface area contributed by atoms with Crippen LogP contribution in [0.15, 0.2) is 18.5 Å². The van der Waals surface area contributed by atoms with Crippen molar-refractivity contribution in [2.75, 3.05) is 19.6 Å². The van der Waals surface area contributed by atoms with Crippen molar-refractivity contribution in [1.29, 1.82) is 0 Å². The third-order valence-electron chi connectivity index (χ3n) is 1.83. The Kier molecular flexibility index (Phi) is 4.63. The third-order valence-corrected chi connectivity index (χ3v) is 1.83. The first-order valence-corrected chi connectivity index (χ1v) is 4.76. The number of halogens is 3. The van der Waals surface area contributed by atoms with Crippen LogP contribution in [0.4, 0.5) is 13.2 Å². The summed E-state index contributed by atoms with van der Waals surface area (Å²) < 4.78 is 36.6. The van der Waals surface area contributed by atoms with Crippen LogP contribution in [0.5, 0.6) is 0 Å². The van der Waals surface area contributed by atoms with E-state index in [4.69, 9.17) is 5.73 Å². The Balaban J connectivity index is 2.58. The van der Waals surface area contributed by atoms with Gasteiger partial charge in [-0.05, 0) is 6.07 Å². The molecule has 90 valence electrons. The number of aromatic nitrogens is 2. The molecule has 0 aromatic carbocycles. The molecule has 16 heavy (non-hydrogen) atoms. The number of nitrogens with two attached hydrogens (primary N) is 1. The summed E-state index contributed by atoms with van der Waals surface area (Å²) in [6.07, 6.45) is -1.24. The van der Waals surface area contributed by atoms with E-state index in [1.54, 1.807) is 6.07 Å². The van der Waals surface area contributed by atoms with E-state index in [2.05, 4.69) is 9.97 Å². The number of rotatable bonds is 5. The van der Waals surface area contributed by atoms with Crippen LogP contribution < -0.4 is 5.73 Å². The third kappa shape index (κ3) is 5.04. The van der Waals surface area contributed by atoms with Crippen LogP contribution in [0.2, 0.25) is 0 Å². The molecule has 0 fully saturated rings. The standard InChI is InChI=1S/C9H13F3N4/c10-9(11,12)7-16(5-2-13)6-8-14-3-1-4-15-8/h1,3-4H,2,5-7,13H2. The molecule has 1 aromatic rings. The monoisotopic (exact) mass is 234 g/mol. The number of hydrogen-bond donors (Lipinski definition) is 1. The molecule has 4 nitrogen and oxygen atoms in total. The predicted octanol–water partition coefficient (Wildman–Crippen LogP) is 0.800. The van der Waals surface area contributed by atoms with Gasteiger partial charge >= 0.3 is 6.18 Å². The molecular weight excluding hydrogens is 221 g/mol. The minimum absolute atomic E-state index is 0.0531. The van der Waals surface area contributed by atoms with Gasteiger partial charge in [0.2, 0.25) is 0 Å². The van der Waals surface area contributed by atoms with Crippen molar-refractivity contribution in [1.82, 2.24) is 14.9 Å². The van der Waals surface area contributed by atoms with Crippen molar-refractivity contribution in [3.05, 3.63) is 24.3 Å². The molecule has 0 atom stereocenters. The number of nitrogens with zero attached hydrogens (tertiary/aromatic N) is 3. The second-order valence-corrected chi connectivity index (χ2v) is 3.28. The van der Waals surface area contributed by atoms with E-state index in [-0.39, 0.29) is 19.6 Å². The first-order chi connectivity index (χ1) is 7.51. The Morgan fingerprint density at radius 2 is 1.88 bits per heavy atom. The van der Waals surface area contributed by atoms with Gasteiger partial charge in [0.15, 0.2) is 0 Å². The van der Waals surface area contributed by atoms with Gasteiger partial charge in [-0.1, -0.05) is 0 Å². The molecule has 0 aliphatic heterocycles. The van der Waals surface area contributed by atoms with Crippen molar-refractivity contribution in [3.63, 3.8) is 0 Å². The van der Waals surface area contributed by atoms with Crippen molar-refractivity contribution in [2.24, 2.45) is 5.73 Å². The minimum atomic E-state index is -4.23. The van der Waals surface area contributed by atoms with Gasteiger partial charge in [-0.25, -0.2) is 9.97 Å². The number of hydrogen-bond acceptors (Lipinski definition) is 4. The molecule has 0 saturated carbocycles. The molecule has 0 aliphatic rings. The average molecular weight is 234 g/mol. The summed E-state index contributed by atoms with van der Waals surface area (Å²) in [4.78, 5) is 8.92. The van der Waals surface area contributed by atoms with E-state index in [0.29, 0.717) is 5.82 Å². The number of alkyl halides is 3. The first kappa shape index (κ1) is 12.9. The molecule has 0 unspecified atom stereocenters. The molecule has 0 amide bonds. The van der Waals surface area contributed by atoms with E-state index in [1.807, 2.05) is 0 Å². The lowest BCUT2D eigenvalue weighted by Crippen LogP contribution is -2.37. The molecule has 0 bridgehead atoms. The Morgan fingerprint density at radius 3 is 2.38 bits per heavy atom. The van der Waals surface area contributed by atoms with Gasteiger partial charge in [-0.2, -0.15) is 13.2 Å². The SMILES string of the molecule is NCCN(Cc1ncccn1)CC(F)(F)F. The Bertz CT molecular complexity index is 301. The van der Waals surface area contributed by atoms with E-state index in [1.165, 1.54) is 17.3 Å². The van der Waals surface area contributed by atoms with E-state index >= 15 is 0 Å². The molecule has 0 saturated heterocycles. The molecule has 1 aromatic heterocycles. The van der Waals surface area contributed by atoms with Crippen molar-refractivity contribution < 1.29 is 13.2 Å². The lowest BCUT2D eigenvalue weighted by Gasteiger charge is -2.21. The zero-order chi connectivity index (χ0) is 12.0. The normalized spacial score (nSPS) is 12.1. The second kappa shape index (κ2) is 5.76. The molecule has 2 N–H and O–H groups in total. The lowest BCUT2D eigenvalue weighted by molar-refractivity contribution is -0.147. The maximum Gasteiger partial charge on any atom is 0.401 e. The molecule has 1 rings (SSSR count). The van der Waals surface area contributed by atoms with Crippen molar-refractivity contribution in [2.45, 2.75) is 12.7 Å². The first-order valence-electron chi connectivity index (χ1n) is 4.76. The van der Waals surface area contributed by atoms with Gasteiger partial charge in [0.25, 0.3) is 0 Å². The Morgan fingerprint density at radius 1 is 1.25 bits per heavy atom. The maximum absolute atomic E-state index is 12.2. The topological polar surface area (TPSA) is 55.0 Å². The maximum atomic E-state index is 12.2. The van der Waals surface area contributed by atoms with Gasteiger partial charge in [0, 0.05) is 25.5 Å². The highest BCUT2D eigenvalue weighted by Crippen LogP contribution is 2.16. The van der Waals surface area contributed by atoms with Gasteiger partial charge in [0.1, 0.15) is 5.82 Å². The summed E-state index contributed by atoms with van der Waals surface area (Å²) in [5.41, 5.74) is 5.25. The highest BCUT2D eigenvalue weighted by molar-refractivity contribution is 4.88. The summed E-state index contributed by atoms with van der Waals surface area (Å²) in [6.45, 7) is -0.610. The highest BCUT2D eigenvalue weighted by Gasteiger charge is 2.30. The highest BCUT2D eigenvalue weighted by atomic mass is 19.4. The second-order valence-electron chi connectivity index (χ2n) is 3.28. The molecular formula is C9H13F3N4. The van der Waals surface area contributed by atoms with E-state index < -0.39 is 12.7 Å². The molecule has 1 heterocycles. The summed E-state index contributed by atoms with van der Waals surface area (Å²) in [5.74, 6) is 0.361. The zero-order valence-electron chi connectivity index (χ0n) is 8.61. The zero-order valence-corrected chi connectivity index (χ0v) is 8.61. The van der Waals surface area contributed by atoms with Crippen LogP contribution in [-0.4, -0.2) is 40.7 Å². The lowest BCUT2D eigenvalue weighted by atomic mass is 10.4. The predicted molar refractivity (Wildman–Crippen MR) is 52.4 cm³/mol. The van der Waals surface area contributed by atoms with Gasteiger partial charge < -0.3 is 5.73 Å². The summed E-state index contributed by atoms with van der Waals surface area (Å²) >= 11 is 0. The molecule has 0 aliphatic carbocycles. The molecule has 7 heteroatoms. The van der Waals surface area contributed by atoms with Crippen LogP contribution in [0.3, 0.4) is 0 Å². The Hall–Kier alpha value is -1.21. The van der Waals surface area contributed by atoms with Gasteiger partial charge in [-0.3, -0.25) is 4.90 Å². The molecule has 0 radical (unpaired) electrons. The van der Waals surface area contributed by atoms with Crippen LogP contribution >= 0.6 is 0 Å². The fourth-order valence-electron chi connectivity index (χ4n) is 1.26. The van der Waals surface area contributed by atoms with E-state index in [9.17, 15) is 13.2 Å². The fraction of sp³-hybridized carbons (Fsp3) is 0.556. The van der Waals surface area contributed by atoms with Crippen LogP contribution in [0.25, 0.3) is 0 Å². The Labute approximate surface area is 91.3 Å². The molecule has 0 spiro atoms. The van der Waals surface area contributed by atoms with Crippen LogP contribution in [-0.2, 0) is 6.54 Å². The summed E-state index contributed by atoms with van der Waals surface area (Å²) in [5, 5.41) is 0. The van der Waals surface area contributed by atoms with Gasteiger partial charge in [-0.15, -0.1) is 0 Å².